The third-order valence-corrected chi connectivity index (χ3v) is 3.74. The molecule has 0 aliphatic rings. The number of carbonyl (C=O) groups excluding carboxylic acids is 1. The Labute approximate surface area is 134 Å². The SMILES string of the molecule is NC(=O)c1cc(-c2nc(N)ncc2Br)[nH]c1-c1ccccc1. The molecule has 2 aromatic heterocycles. The van der Waals surface area contributed by atoms with E-state index in [2.05, 4.69) is 30.9 Å². The zero-order chi connectivity index (χ0) is 15.7. The summed E-state index contributed by atoms with van der Waals surface area (Å²) in [5.41, 5.74) is 14.2. The summed E-state index contributed by atoms with van der Waals surface area (Å²) in [4.78, 5) is 23.0. The summed E-state index contributed by atoms with van der Waals surface area (Å²) in [6, 6.07) is 11.1. The van der Waals surface area contributed by atoms with Crippen molar-refractivity contribution < 1.29 is 4.79 Å². The number of carbonyl (C=O) groups is 1. The molecule has 0 saturated heterocycles. The predicted octanol–water partition coefficient (Wildman–Crippen LogP) is 2.58. The van der Waals surface area contributed by atoms with Crippen LogP contribution in [0.25, 0.3) is 22.6 Å². The van der Waals surface area contributed by atoms with Crippen molar-refractivity contribution in [3.8, 4) is 22.6 Å². The average Bonchev–Trinajstić information content (AvgIpc) is 2.96. The van der Waals surface area contributed by atoms with Gasteiger partial charge in [0.05, 0.1) is 21.4 Å². The van der Waals surface area contributed by atoms with Crippen LogP contribution in [0.1, 0.15) is 10.4 Å². The number of rotatable bonds is 3. The van der Waals surface area contributed by atoms with E-state index in [-0.39, 0.29) is 5.95 Å². The fourth-order valence-electron chi connectivity index (χ4n) is 2.18. The van der Waals surface area contributed by atoms with E-state index in [0.29, 0.717) is 27.1 Å². The number of aromatic nitrogens is 3. The highest BCUT2D eigenvalue weighted by molar-refractivity contribution is 9.10. The molecule has 2 heterocycles. The highest BCUT2D eigenvalue weighted by atomic mass is 79.9. The number of hydrogen-bond donors (Lipinski definition) is 3. The van der Waals surface area contributed by atoms with Gasteiger partial charge in [-0.2, -0.15) is 0 Å². The largest absolute Gasteiger partial charge is 0.368 e. The Bertz CT molecular complexity index is 844. The molecule has 0 saturated carbocycles. The second-order valence-corrected chi connectivity index (χ2v) is 5.48. The Hall–Kier alpha value is -2.67. The number of benzene rings is 1. The monoisotopic (exact) mass is 357 g/mol. The molecular formula is C15H12BrN5O. The molecule has 0 fully saturated rings. The number of nitrogens with zero attached hydrogens (tertiary/aromatic N) is 2. The molecule has 3 rings (SSSR count). The number of primary amides is 1. The molecule has 7 heteroatoms. The Morgan fingerprint density at radius 2 is 1.95 bits per heavy atom. The van der Waals surface area contributed by atoms with Crippen molar-refractivity contribution in [2.24, 2.45) is 5.73 Å². The lowest BCUT2D eigenvalue weighted by atomic mass is 10.1. The van der Waals surface area contributed by atoms with E-state index in [9.17, 15) is 4.79 Å². The van der Waals surface area contributed by atoms with Crippen LogP contribution in [0.4, 0.5) is 5.95 Å². The molecule has 0 bridgehead atoms. The topological polar surface area (TPSA) is 111 Å². The molecule has 0 unspecified atom stereocenters. The van der Waals surface area contributed by atoms with Gasteiger partial charge in [-0.1, -0.05) is 30.3 Å². The number of amides is 1. The normalized spacial score (nSPS) is 10.6. The van der Waals surface area contributed by atoms with Gasteiger partial charge >= 0.3 is 0 Å². The molecule has 22 heavy (non-hydrogen) atoms. The molecule has 0 aliphatic carbocycles. The van der Waals surface area contributed by atoms with Crippen LogP contribution in [0.3, 0.4) is 0 Å². The smallest absolute Gasteiger partial charge is 0.250 e. The Kier molecular flexibility index (Phi) is 3.64. The quantitative estimate of drug-likeness (QED) is 0.668. The Morgan fingerprint density at radius 3 is 2.64 bits per heavy atom. The summed E-state index contributed by atoms with van der Waals surface area (Å²) in [6.07, 6.45) is 1.56. The van der Waals surface area contributed by atoms with Gasteiger partial charge in [-0.3, -0.25) is 4.79 Å². The van der Waals surface area contributed by atoms with Gasteiger partial charge < -0.3 is 16.5 Å². The van der Waals surface area contributed by atoms with E-state index in [4.69, 9.17) is 11.5 Å². The van der Waals surface area contributed by atoms with Gasteiger partial charge in [-0.25, -0.2) is 9.97 Å². The van der Waals surface area contributed by atoms with E-state index >= 15 is 0 Å². The van der Waals surface area contributed by atoms with Crippen LogP contribution in [0.5, 0.6) is 0 Å². The molecule has 0 spiro atoms. The van der Waals surface area contributed by atoms with Crippen molar-refractivity contribution in [3.05, 3.63) is 52.6 Å². The van der Waals surface area contributed by atoms with Gasteiger partial charge in [-0.15, -0.1) is 0 Å². The zero-order valence-electron chi connectivity index (χ0n) is 11.4. The third-order valence-electron chi connectivity index (χ3n) is 3.16. The van der Waals surface area contributed by atoms with Crippen molar-refractivity contribution in [2.75, 3.05) is 5.73 Å². The van der Waals surface area contributed by atoms with Crippen LogP contribution in [-0.4, -0.2) is 20.9 Å². The molecule has 1 amide bonds. The molecule has 5 N–H and O–H groups in total. The minimum absolute atomic E-state index is 0.148. The first-order valence-corrected chi connectivity index (χ1v) is 7.22. The number of nitrogens with two attached hydrogens (primary N) is 2. The van der Waals surface area contributed by atoms with Gasteiger partial charge in [0, 0.05) is 6.20 Å². The number of aromatic amines is 1. The summed E-state index contributed by atoms with van der Waals surface area (Å²) in [6.45, 7) is 0. The molecule has 110 valence electrons. The van der Waals surface area contributed by atoms with E-state index in [1.807, 2.05) is 30.3 Å². The minimum Gasteiger partial charge on any atom is -0.368 e. The summed E-state index contributed by atoms with van der Waals surface area (Å²) in [5, 5.41) is 0. The summed E-state index contributed by atoms with van der Waals surface area (Å²) >= 11 is 3.38. The average molecular weight is 358 g/mol. The highest BCUT2D eigenvalue weighted by Gasteiger charge is 2.17. The summed E-state index contributed by atoms with van der Waals surface area (Å²) in [5.74, 6) is -0.366. The van der Waals surface area contributed by atoms with Gasteiger partial charge in [0.2, 0.25) is 5.95 Å². The molecule has 0 radical (unpaired) electrons. The fourth-order valence-corrected chi connectivity index (χ4v) is 2.58. The fraction of sp³-hybridized carbons (Fsp3) is 0. The van der Waals surface area contributed by atoms with Crippen LogP contribution in [0.2, 0.25) is 0 Å². The number of H-pyrrole nitrogens is 1. The molecule has 0 aliphatic heterocycles. The van der Waals surface area contributed by atoms with E-state index < -0.39 is 5.91 Å². The van der Waals surface area contributed by atoms with Crippen LogP contribution < -0.4 is 11.5 Å². The lowest BCUT2D eigenvalue weighted by Crippen LogP contribution is -2.11. The minimum atomic E-state index is -0.514. The molecule has 1 aromatic carbocycles. The first kappa shape index (κ1) is 14.3. The third kappa shape index (κ3) is 2.58. The summed E-state index contributed by atoms with van der Waals surface area (Å²) in [7, 11) is 0. The second kappa shape index (κ2) is 5.61. The van der Waals surface area contributed by atoms with Gasteiger partial charge in [0.25, 0.3) is 5.91 Å². The standard InChI is InChI=1S/C15H12BrN5O/c16-10-7-19-15(18)21-13(10)11-6-9(14(17)22)12(20-11)8-4-2-1-3-5-8/h1-7,20H,(H2,17,22)(H2,18,19,21). The van der Waals surface area contributed by atoms with Gasteiger partial charge in [0.15, 0.2) is 0 Å². The van der Waals surface area contributed by atoms with Gasteiger partial charge in [-0.05, 0) is 27.6 Å². The van der Waals surface area contributed by atoms with Crippen molar-refractivity contribution in [1.29, 1.82) is 0 Å². The maximum atomic E-state index is 11.7. The Morgan fingerprint density at radius 1 is 1.23 bits per heavy atom. The zero-order valence-corrected chi connectivity index (χ0v) is 13.0. The van der Waals surface area contributed by atoms with Crippen molar-refractivity contribution in [3.63, 3.8) is 0 Å². The molecular weight excluding hydrogens is 346 g/mol. The van der Waals surface area contributed by atoms with E-state index in [0.717, 1.165) is 5.56 Å². The number of nitrogens with one attached hydrogen (secondary N) is 1. The van der Waals surface area contributed by atoms with E-state index in [1.54, 1.807) is 12.3 Å². The number of hydrogen-bond acceptors (Lipinski definition) is 4. The van der Waals surface area contributed by atoms with Crippen molar-refractivity contribution in [1.82, 2.24) is 15.0 Å². The van der Waals surface area contributed by atoms with Crippen LogP contribution in [-0.2, 0) is 0 Å². The highest BCUT2D eigenvalue weighted by Crippen LogP contribution is 2.31. The number of anilines is 1. The van der Waals surface area contributed by atoms with Crippen LogP contribution >= 0.6 is 15.9 Å². The van der Waals surface area contributed by atoms with E-state index in [1.165, 1.54) is 0 Å². The van der Waals surface area contributed by atoms with Crippen molar-refractivity contribution >= 4 is 27.8 Å². The maximum Gasteiger partial charge on any atom is 0.250 e. The second-order valence-electron chi connectivity index (χ2n) is 4.63. The maximum absolute atomic E-state index is 11.7. The summed E-state index contributed by atoms with van der Waals surface area (Å²) < 4.78 is 0.665. The molecule has 6 nitrogen and oxygen atoms in total. The lowest BCUT2D eigenvalue weighted by Gasteiger charge is -2.02. The molecule has 0 atom stereocenters. The number of nitrogen functional groups attached to an aromatic ring is 1. The van der Waals surface area contributed by atoms with Crippen LogP contribution in [0.15, 0.2) is 47.1 Å². The van der Waals surface area contributed by atoms with Gasteiger partial charge in [0.1, 0.15) is 5.69 Å². The first-order valence-electron chi connectivity index (χ1n) is 6.43. The predicted molar refractivity (Wildman–Crippen MR) is 87.9 cm³/mol. The molecule has 3 aromatic rings. The number of halogens is 1. The first-order chi connectivity index (χ1) is 10.6. The Balaban J connectivity index is 2.19. The van der Waals surface area contributed by atoms with Crippen molar-refractivity contribution in [2.45, 2.75) is 0 Å². The lowest BCUT2D eigenvalue weighted by molar-refractivity contribution is 0.100. The van der Waals surface area contributed by atoms with Crippen LogP contribution in [0, 0.1) is 0 Å².